The molecule has 0 saturated heterocycles. The third kappa shape index (κ3) is 3.15. The predicted molar refractivity (Wildman–Crippen MR) is 82.3 cm³/mol. The van der Waals surface area contributed by atoms with Crippen molar-refractivity contribution >= 4 is 17.4 Å². The zero-order valence-corrected chi connectivity index (χ0v) is 12.0. The largest absolute Gasteiger partial charge is 0.372 e. The summed E-state index contributed by atoms with van der Waals surface area (Å²) in [4.78, 5) is 16.3. The van der Waals surface area contributed by atoms with Crippen LogP contribution < -0.4 is 10.6 Å². The average molecular weight is 269 g/mol. The number of nitrogens with one attached hydrogen (secondary N) is 2. The van der Waals surface area contributed by atoms with Gasteiger partial charge in [-0.15, -0.1) is 0 Å². The molecular formula is C16H19N3O. The Labute approximate surface area is 119 Å². The molecule has 20 heavy (non-hydrogen) atoms. The fraction of sp³-hybridized carbons (Fsp3) is 0.250. The van der Waals surface area contributed by atoms with Crippen molar-refractivity contribution in [1.29, 1.82) is 0 Å². The van der Waals surface area contributed by atoms with Crippen LogP contribution in [0.2, 0.25) is 0 Å². The van der Waals surface area contributed by atoms with E-state index in [0.29, 0.717) is 17.3 Å². The zero-order valence-electron chi connectivity index (χ0n) is 12.0. The monoisotopic (exact) mass is 269 g/mol. The summed E-state index contributed by atoms with van der Waals surface area (Å²) < 4.78 is 0. The van der Waals surface area contributed by atoms with Gasteiger partial charge >= 0.3 is 0 Å². The quantitative estimate of drug-likeness (QED) is 0.893. The number of hydrogen-bond donors (Lipinski definition) is 2. The maximum absolute atomic E-state index is 12.2. The van der Waals surface area contributed by atoms with Crippen molar-refractivity contribution in [2.75, 3.05) is 17.7 Å². The second-order valence-electron chi connectivity index (χ2n) is 4.88. The molecule has 0 unspecified atom stereocenters. The number of benzene rings is 1. The second-order valence-corrected chi connectivity index (χ2v) is 4.88. The van der Waals surface area contributed by atoms with E-state index >= 15 is 0 Å². The third-order valence-electron chi connectivity index (χ3n) is 3.12. The van der Waals surface area contributed by atoms with Crippen LogP contribution in [0.1, 0.15) is 35.7 Å². The maximum Gasteiger partial charge on any atom is 0.259 e. The van der Waals surface area contributed by atoms with Gasteiger partial charge in [0.15, 0.2) is 0 Å². The number of hydrogen-bond acceptors (Lipinski definition) is 3. The SMILES string of the molecule is CNc1ncccc1C(=O)Nc1ccc(C(C)C)cc1. The summed E-state index contributed by atoms with van der Waals surface area (Å²) >= 11 is 0. The molecule has 0 saturated carbocycles. The first-order chi connectivity index (χ1) is 9.61. The van der Waals surface area contributed by atoms with Crippen molar-refractivity contribution in [3.05, 3.63) is 53.7 Å². The van der Waals surface area contributed by atoms with Gasteiger partial charge in [0.25, 0.3) is 5.91 Å². The van der Waals surface area contributed by atoms with Crippen LogP contribution in [0, 0.1) is 0 Å². The molecule has 1 heterocycles. The summed E-state index contributed by atoms with van der Waals surface area (Å²) in [5.74, 6) is 0.887. The minimum absolute atomic E-state index is 0.167. The first-order valence-corrected chi connectivity index (χ1v) is 6.66. The molecule has 1 aromatic heterocycles. The van der Waals surface area contributed by atoms with Crippen molar-refractivity contribution in [3.63, 3.8) is 0 Å². The van der Waals surface area contributed by atoms with E-state index in [0.717, 1.165) is 5.69 Å². The van der Waals surface area contributed by atoms with Crippen LogP contribution in [0.15, 0.2) is 42.6 Å². The first-order valence-electron chi connectivity index (χ1n) is 6.66. The van der Waals surface area contributed by atoms with Crippen LogP contribution in [0.25, 0.3) is 0 Å². The van der Waals surface area contributed by atoms with E-state index in [-0.39, 0.29) is 5.91 Å². The number of carbonyl (C=O) groups is 1. The van der Waals surface area contributed by atoms with E-state index in [1.165, 1.54) is 5.56 Å². The number of carbonyl (C=O) groups excluding carboxylic acids is 1. The summed E-state index contributed by atoms with van der Waals surface area (Å²) in [6.45, 7) is 4.28. The van der Waals surface area contributed by atoms with Crippen molar-refractivity contribution < 1.29 is 4.79 Å². The highest BCUT2D eigenvalue weighted by molar-refractivity contribution is 6.07. The summed E-state index contributed by atoms with van der Waals surface area (Å²) in [7, 11) is 1.75. The molecule has 0 bridgehead atoms. The Morgan fingerprint density at radius 2 is 1.85 bits per heavy atom. The number of aromatic nitrogens is 1. The van der Waals surface area contributed by atoms with Crippen LogP contribution in [0.4, 0.5) is 11.5 Å². The molecule has 0 spiro atoms. The molecule has 2 aromatic rings. The van der Waals surface area contributed by atoms with Crippen LogP contribution in [0.5, 0.6) is 0 Å². The fourth-order valence-corrected chi connectivity index (χ4v) is 1.94. The smallest absolute Gasteiger partial charge is 0.259 e. The Kier molecular flexibility index (Phi) is 4.35. The van der Waals surface area contributed by atoms with Gasteiger partial charge in [-0.2, -0.15) is 0 Å². The van der Waals surface area contributed by atoms with Crippen LogP contribution in [-0.4, -0.2) is 17.9 Å². The van der Waals surface area contributed by atoms with E-state index in [1.807, 2.05) is 24.3 Å². The zero-order chi connectivity index (χ0) is 14.5. The number of nitrogens with zero attached hydrogens (tertiary/aromatic N) is 1. The predicted octanol–water partition coefficient (Wildman–Crippen LogP) is 3.50. The maximum atomic E-state index is 12.2. The van der Waals surface area contributed by atoms with E-state index in [1.54, 1.807) is 25.4 Å². The standard InChI is InChI=1S/C16H19N3O/c1-11(2)12-6-8-13(9-7-12)19-16(20)14-5-4-10-18-15(14)17-3/h4-11H,1-3H3,(H,17,18)(H,19,20). The Bertz CT molecular complexity index is 591. The van der Waals surface area contributed by atoms with E-state index < -0.39 is 0 Å². The molecule has 104 valence electrons. The third-order valence-corrected chi connectivity index (χ3v) is 3.12. The Balaban J connectivity index is 2.15. The van der Waals surface area contributed by atoms with Crippen molar-refractivity contribution in [1.82, 2.24) is 4.98 Å². The highest BCUT2D eigenvalue weighted by Crippen LogP contribution is 2.18. The Morgan fingerprint density at radius 1 is 1.15 bits per heavy atom. The number of amides is 1. The van der Waals surface area contributed by atoms with Gasteiger partial charge in [-0.1, -0.05) is 26.0 Å². The Hall–Kier alpha value is -2.36. The molecule has 0 radical (unpaired) electrons. The molecule has 2 N–H and O–H groups in total. The highest BCUT2D eigenvalue weighted by atomic mass is 16.1. The molecule has 0 aliphatic heterocycles. The number of rotatable bonds is 4. The minimum atomic E-state index is -0.167. The number of pyridine rings is 1. The van der Waals surface area contributed by atoms with Crippen molar-refractivity contribution in [3.8, 4) is 0 Å². The molecule has 4 heteroatoms. The highest BCUT2D eigenvalue weighted by Gasteiger charge is 2.11. The lowest BCUT2D eigenvalue weighted by Crippen LogP contribution is -2.14. The van der Waals surface area contributed by atoms with Crippen LogP contribution in [-0.2, 0) is 0 Å². The van der Waals surface area contributed by atoms with E-state index in [9.17, 15) is 4.79 Å². The van der Waals surface area contributed by atoms with Gasteiger partial charge in [-0.3, -0.25) is 4.79 Å². The first kappa shape index (κ1) is 14.1. The van der Waals surface area contributed by atoms with Gasteiger partial charge in [-0.25, -0.2) is 4.98 Å². The molecule has 0 aliphatic carbocycles. The normalized spacial score (nSPS) is 10.4. The van der Waals surface area contributed by atoms with Crippen LogP contribution in [0.3, 0.4) is 0 Å². The fourth-order valence-electron chi connectivity index (χ4n) is 1.94. The van der Waals surface area contributed by atoms with Gasteiger partial charge in [0.1, 0.15) is 5.82 Å². The van der Waals surface area contributed by atoms with Gasteiger partial charge in [0, 0.05) is 18.9 Å². The summed E-state index contributed by atoms with van der Waals surface area (Å²) in [5, 5.41) is 5.79. The second kappa shape index (κ2) is 6.19. The van der Waals surface area contributed by atoms with Crippen molar-refractivity contribution in [2.45, 2.75) is 19.8 Å². The molecule has 4 nitrogen and oxygen atoms in total. The molecule has 0 atom stereocenters. The lowest BCUT2D eigenvalue weighted by molar-refractivity contribution is 0.102. The lowest BCUT2D eigenvalue weighted by Gasteiger charge is -2.10. The van der Waals surface area contributed by atoms with Gasteiger partial charge < -0.3 is 10.6 Å². The molecular weight excluding hydrogens is 250 g/mol. The van der Waals surface area contributed by atoms with Crippen LogP contribution >= 0.6 is 0 Å². The molecule has 0 fully saturated rings. The molecule has 2 rings (SSSR count). The minimum Gasteiger partial charge on any atom is -0.372 e. The summed E-state index contributed by atoms with van der Waals surface area (Å²) in [5.41, 5.74) is 2.56. The van der Waals surface area contributed by atoms with Crippen molar-refractivity contribution in [2.24, 2.45) is 0 Å². The summed E-state index contributed by atoms with van der Waals surface area (Å²) in [6, 6.07) is 11.4. The van der Waals surface area contributed by atoms with Gasteiger partial charge in [0.05, 0.1) is 5.56 Å². The van der Waals surface area contributed by atoms with Gasteiger partial charge in [-0.05, 0) is 35.7 Å². The van der Waals surface area contributed by atoms with Gasteiger partial charge in [0.2, 0.25) is 0 Å². The molecule has 1 aromatic carbocycles. The van der Waals surface area contributed by atoms with E-state index in [2.05, 4.69) is 29.5 Å². The summed E-state index contributed by atoms with van der Waals surface area (Å²) in [6.07, 6.45) is 1.65. The molecule has 1 amide bonds. The molecule has 0 aliphatic rings. The Morgan fingerprint density at radius 3 is 2.45 bits per heavy atom. The number of anilines is 2. The lowest BCUT2D eigenvalue weighted by atomic mass is 10.0. The van der Waals surface area contributed by atoms with E-state index in [4.69, 9.17) is 0 Å². The topological polar surface area (TPSA) is 54.0 Å². The average Bonchev–Trinajstić information content (AvgIpc) is 2.47.